The van der Waals surface area contributed by atoms with Crippen LogP contribution < -0.4 is 0 Å². The summed E-state index contributed by atoms with van der Waals surface area (Å²) in [7, 11) is 0. The number of benzene rings is 3. The molecule has 9 aliphatic carbocycles. The molecule has 0 bridgehead atoms. The minimum Gasteiger partial charge on any atom is -0.207 e. The highest BCUT2D eigenvalue weighted by molar-refractivity contribution is 5.33. The molecule has 0 unspecified atom stereocenters. The minimum atomic E-state index is 0.0878. The van der Waals surface area contributed by atoms with Crippen LogP contribution in [0, 0.1) is 88.5 Å². The molecule has 0 amide bonds. The fourth-order valence-electron chi connectivity index (χ4n) is 22.5. The molecule has 9 saturated carbocycles. The Morgan fingerprint density at radius 3 is 0.745 bits per heavy atom. The zero-order valence-corrected chi connectivity index (χ0v) is 61.9. The number of rotatable bonds is 22. The highest BCUT2D eigenvalue weighted by Gasteiger charge is 2.36. The van der Waals surface area contributed by atoms with Crippen molar-refractivity contribution >= 4 is 0 Å². The SMILES string of the molecule is CCCC1CCC(c2ccc(C3CCC(C4CCC(C)CC4)CC3)cc2F)CC1.CCCCC1CCC(c2ccc(C3CCC(C4CCC(CCC)CC4)CC3)cc2F)CC1.CCCCCC1CCC(c2ccc(C3CCC(C4CCC(CCC)CC4)CC3)cc2F)CC1. The lowest BCUT2D eigenvalue weighted by Crippen LogP contribution is -2.25. The second-order valence-corrected chi connectivity index (χ2v) is 34.9. The van der Waals surface area contributed by atoms with Crippen LogP contribution >= 0.6 is 0 Å². The first-order valence-electron chi connectivity index (χ1n) is 42.4. The Hall–Kier alpha value is -2.55. The molecule has 9 aliphatic rings. The van der Waals surface area contributed by atoms with E-state index in [1.165, 1.54) is 331 Å². The molecule has 0 spiro atoms. The highest BCUT2D eigenvalue weighted by Crippen LogP contribution is 2.50. The molecule has 0 heterocycles. The van der Waals surface area contributed by atoms with Crippen LogP contribution in [-0.4, -0.2) is 0 Å². The third kappa shape index (κ3) is 21.5. The summed E-state index contributed by atoms with van der Waals surface area (Å²) in [6, 6.07) is 19.2. The lowest BCUT2D eigenvalue weighted by atomic mass is 9.68. The maximum Gasteiger partial charge on any atom is 0.126 e. The van der Waals surface area contributed by atoms with E-state index >= 15 is 13.2 Å². The lowest BCUT2D eigenvalue weighted by molar-refractivity contribution is 0.156. The Morgan fingerprint density at radius 2 is 0.479 bits per heavy atom. The fourth-order valence-corrected chi connectivity index (χ4v) is 22.5. The van der Waals surface area contributed by atoms with E-state index in [2.05, 4.69) is 77.9 Å². The maximum absolute atomic E-state index is 15.2. The number of halogens is 3. The molecule has 0 nitrogen and oxygen atoms in total. The highest BCUT2D eigenvalue weighted by atomic mass is 19.1. The van der Waals surface area contributed by atoms with Crippen LogP contribution in [0.4, 0.5) is 13.2 Å². The van der Waals surface area contributed by atoms with Crippen molar-refractivity contribution in [3.8, 4) is 0 Å². The van der Waals surface area contributed by atoms with Crippen LogP contribution in [0.15, 0.2) is 54.6 Å². The standard InChI is InChI=1S/C32H51F.C31H49F.C28H43F/c1-3-5-6-8-25-11-15-29(16-12-25)31-22-21-30(23-32(31)33)28-19-17-27(18-20-28)26-13-9-24(7-4-2)10-14-26;1-3-5-7-24-10-14-28(15-11-24)30-21-20-29(22-31(30)32)27-18-16-26(17-19-27)25-12-8-23(6-4-2)9-13-25;1-3-4-21-7-11-25(12-8-21)27-18-17-26(19-28(27)29)24-15-13-23(14-16-24)22-9-5-20(2)6-10-22/h21-29H,3-20H2,1-2H3;20-28H,3-19H2,1-2H3;17-25H,3-16H2,1-2H3. The van der Waals surface area contributed by atoms with Crippen molar-refractivity contribution in [2.24, 2.45) is 71.0 Å². The van der Waals surface area contributed by atoms with Crippen molar-refractivity contribution in [1.82, 2.24) is 0 Å². The van der Waals surface area contributed by atoms with Gasteiger partial charge in [-0.3, -0.25) is 0 Å². The third-order valence-corrected chi connectivity index (χ3v) is 28.8. The molecule has 528 valence electrons. The number of hydrogen-bond donors (Lipinski definition) is 0. The van der Waals surface area contributed by atoms with E-state index in [9.17, 15) is 0 Å². The molecule has 3 aromatic rings. The number of hydrogen-bond acceptors (Lipinski definition) is 0. The van der Waals surface area contributed by atoms with Gasteiger partial charge in [-0.05, 0) is 351 Å². The molecule has 3 heteroatoms. The molecule has 0 aromatic heterocycles. The van der Waals surface area contributed by atoms with Crippen molar-refractivity contribution in [3.63, 3.8) is 0 Å². The summed E-state index contributed by atoms with van der Waals surface area (Å²) in [5.41, 5.74) is 6.89. The van der Waals surface area contributed by atoms with Crippen molar-refractivity contribution in [2.45, 2.75) is 392 Å². The summed E-state index contributed by atoms with van der Waals surface area (Å²) in [5.74, 6) is 14.9. The largest absolute Gasteiger partial charge is 0.207 e. The first-order chi connectivity index (χ1) is 46.0. The maximum atomic E-state index is 15.2. The van der Waals surface area contributed by atoms with Gasteiger partial charge in [-0.15, -0.1) is 0 Å². The van der Waals surface area contributed by atoms with Crippen molar-refractivity contribution < 1.29 is 13.2 Å². The third-order valence-electron chi connectivity index (χ3n) is 28.8. The summed E-state index contributed by atoms with van der Waals surface area (Å²) >= 11 is 0. The second kappa shape index (κ2) is 38.9. The predicted molar refractivity (Wildman–Crippen MR) is 398 cm³/mol. The Balaban J connectivity index is 0.000000154. The topological polar surface area (TPSA) is 0 Å². The zero-order chi connectivity index (χ0) is 65.6. The molecule has 3 aromatic carbocycles. The van der Waals surface area contributed by atoms with Crippen LogP contribution in [0.2, 0.25) is 0 Å². The quantitative estimate of drug-likeness (QED) is 0.0880. The second-order valence-electron chi connectivity index (χ2n) is 34.9. The predicted octanol–water partition coefficient (Wildman–Crippen LogP) is 29.7. The Kier molecular flexibility index (Phi) is 30.7. The number of unbranched alkanes of at least 4 members (excludes halogenated alkanes) is 3. The summed E-state index contributed by atoms with van der Waals surface area (Å²) in [6.07, 6.45) is 66.2. The average molecular weight is 1290 g/mol. The summed E-state index contributed by atoms with van der Waals surface area (Å²) in [5, 5.41) is 0. The van der Waals surface area contributed by atoms with Crippen LogP contribution in [-0.2, 0) is 0 Å². The van der Waals surface area contributed by atoms with Gasteiger partial charge >= 0.3 is 0 Å². The van der Waals surface area contributed by atoms with E-state index in [1.54, 1.807) is 0 Å². The summed E-state index contributed by atoms with van der Waals surface area (Å²) in [6.45, 7) is 13.9. The van der Waals surface area contributed by atoms with Gasteiger partial charge in [-0.25, -0.2) is 13.2 Å². The smallest absolute Gasteiger partial charge is 0.126 e. The van der Waals surface area contributed by atoms with Gasteiger partial charge in [0.15, 0.2) is 0 Å². The molecule has 0 aliphatic heterocycles. The van der Waals surface area contributed by atoms with E-state index < -0.39 is 0 Å². The first-order valence-corrected chi connectivity index (χ1v) is 42.4. The van der Waals surface area contributed by atoms with E-state index in [-0.39, 0.29) is 17.5 Å². The summed E-state index contributed by atoms with van der Waals surface area (Å²) in [4.78, 5) is 0. The van der Waals surface area contributed by atoms with Gasteiger partial charge < -0.3 is 0 Å². The molecule has 94 heavy (non-hydrogen) atoms. The van der Waals surface area contributed by atoms with Crippen molar-refractivity contribution in [3.05, 3.63) is 105 Å². The van der Waals surface area contributed by atoms with Gasteiger partial charge in [0.1, 0.15) is 17.5 Å². The van der Waals surface area contributed by atoms with Crippen LogP contribution in [0.25, 0.3) is 0 Å². The van der Waals surface area contributed by atoms with Crippen molar-refractivity contribution in [2.75, 3.05) is 0 Å². The average Bonchev–Trinajstić information content (AvgIpc) is 1.16. The van der Waals surface area contributed by atoms with Gasteiger partial charge in [0.2, 0.25) is 0 Å². The van der Waals surface area contributed by atoms with Gasteiger partial charge in [0, 0.05) is 0 Å². The monoisotopic (exact) mass is 1290 g/mol. The molecule has 12 rings (SSSR count). The van der Waals surface area contributed by atoms with Gasteiger partial charge in [0.05, 0.1) is 0 Å². The Morgan fingerprint density at radius 1 is 0.245 bits per heavy atom. The molecular weight excluding hydrogens is 1150 g/mol. The van der Waals surface area contributed by atoms with Crippen molar-refractivity contribution in [1.29, 1.82) is 0 Å². The van der Waals surface area contributed by atoms with Crippen LogP contribution in [0.1, 0.15) is 425 Å². The fraction of sp³-hybridized carbons (Fsp3) is 0.802. The lowest BCUT2D eigenvalue weighted by Gasteiger charge is -2.38. The summed E-state index contributed by atoms with van der Waals surface area (Å²) < 4.78 is 45.4. The molecule has 0 saturated heterocycles. The Bertz CT molecular complexity index is 2540. The van der Waals surface area contributed by atoms with E-state index in [4.69, 9.17) is 0 Å². The van der Waals surface area contributed by atoms with E-state index in [0.29, 0.717) is 35.5 Å². The molecule has 0 radical (unpaired) electrons. The molecule has 9 fully saturated rings. The van der Waals surface area contributed by atoms with E-state index in [0.717, 1.165) is 87.7 Å². The van der Waals surface area contributed by atoms with Crippen LogP contribution in [0.3, 0.4) is 0 Å². The van der Waals surface area contributed by atoms with Gasteiger partial charge in [-0.2, -0.15) is 0 Å². The normalized spacial score (nSPS) is 34.3. The molecule has 0 N–H and O–H groups in total. The first kappa shape index (κ1) is 74.1. The van der Waals surface area contributed by atoms with Gasteiger partial charge in [0.25, 0.3) is 0 Å². The zero-order valence-electron chi connectivity index (χ0n) is 61.9. The Labute approximate surface area is 578 Å². The van der Waals surface area contributed by atoms with Crippen LogP contribution in [0.5, 0.6) is 0 Å². The van der Waals surface area contributed by atoms with E-state index in [1.807, 2.05) is 18.2 Å². The molecule has 0 atom stereocenters. The van der Waals surface area contributed by atoms with Gasteiger partial charge in [-0.1, -0.05) is 200 Å². The minimum absolute atomic E-state index is 0.0878. The molecular formula is C91H143F3.